The summed E-state index contributed by atoms with van der Waals surface area (Å²) in [5, 5.41) is 9.52. The fourth-order valence-electron chi connectivity index (χ4n) is 2.17. The van der Waals surface area contributed by atoms with Gasteiger partial charge < -0.3 is 9.47 Å². The van der Waals surface area contributed by atoms with Gasteiger partial charge in [0, 0.05) is 23.1 Å². The Balaban J connectivity index is 2.05. The van der Waals surface area contributed by atoms with Crippen LogP contribution in [0.25, 0.3) is 0 Å². The highest BCUT2D eigenvalue weighted by molar-refractivity contribution is 6.30. The van der Waals surface area contributed by atoms with Crippen molar-refractivity contribution in [2.75, 3.05) is 6.61 Å². The Bertz CT molecular complexity index is 725. The summed E-state index contributed by atoms with van der Waals surface area (Å²) < 4.78 is 25.0. The lowest BCUT2D eigenvalue weighted by molar-refractivity contribution is 0.337. The summed E-state index contributed by atoms with van der Waals surface area (Å²) in [7, 11) is 0. The molecule has 1 aliphatic heterocycles. The first-order chi connectivity index (χ1) is 9.69. The third kappa shape index (κ3) is 2.17. The molecule has 0 aromatic heterocycles. The largest absolute Gasteiger partial charge is 0.489 e. The molecule has 0 aliphatic carbocycles. The molecule has 0 fully saturated rings. The first-order valence-corrected chi connectivity index (χ1v) is 6.38. The highest BCUT2D eigenvalue weighted by Crippen LogP contribution is 2.41. The lowest BCUT2D eigenvalue weighted by atomic mass is 10.0. The molecule has 0 bridgehead atoms. The van der Waals surface area contributed by atoms with Crippen molar-refractivity contribution >= 4 is 11.6 Å². The van der Waals surface area contributed by atoms with Crippen molar-refractivity contribution in [3.8, 4) is 23.3 Å². The Hall–Kier alpha value is -2.25. The molecule has 0 unspecified atom stereocenters. The molecule has 0 atom stereocenters. The molecule has 0 spiro atoms. The Morgan fingerprint density at radius 1 is 1.35 bits per heavy atom. The van der Waals surface area contributed by atoms with Gasteiger partial charge in [-0.1, -0.05) is 17.7 Å². The average molecular weight is 290 g/mol. The van der Waals surface area contributed by atoms with Crippen molar-refractivity contribution < 1.29 is 13.9 Å². The molecule has 20 heavy (non-hydrogen) atoms. The molecule has 5 heteroatoms. The SMILES string of the molecule is N#Cc1c(F)cc(Oc2cccc(Cl)c2)c2c1CCO2. The summed E-state index contributed by atoms with van der Waals surface area (Å²) in [6.07, 6.45) is 0.502. The standard InChI is InChI=1S/C15H9ClFNO2/c16-9-2-1-3-10(6-9)20-14-7-13(17)12(8-18)11-4-5-19-15(11)14/h1-3,6-7H,4-5H2. The van der Waals surface area contributed by atoms with Crippen LogP contribution in [0.5, 0.6) is 17.2 Å². The first kappa shape index (κ1) is 12.8. The minimum absolute atomic E-state index is 0.0240. The number of nitriles is 1. The van der Waals surface area contributed by atoms with E-state index in [9.17, 15) is 4.39 Å². The normalized spacial score (nSPS) is 12.4. The average Bonchev–Trinajstić information content (AvgIpc) is 2.88. The zero-order valence-corrected chi connectivity index (χ0v) is 11.1. The maximum absolute atomic E-state index is 13.9. The second kappa shape index (κ2) is 5.03. The van der Waals surface area contributed by atoms with E-state index in [1.54, 1.807) is 24.3 Å². The topological polar surface area (TPSA) is 42.2 Å². The number of halogens is 2. The molecular formula is C15H9ClFNO2. The van der Waals surface area contributed by atoms with E-state index in [0.29, 0.717) is 35.1 Å². The van der Waals surface area contributed by atoms with Crippen LogP contribution in [0.15, 0.2) is 30.3 Å². The van der Waals surface area contributed by atoms with Crippen molar-refractivity contribution in [3.05, 3.63) is 52.3 Å². The fraction of sp³-hybridized carbons (Fsp3) is 0.133. The van der Waals surface area contributed by atoms with Gasteiger partial charge >= 0.3 is 0 Å². The molecule has 100 valence electrons. The van der Waals surface area contributed by atoms with Gasteiger partial charge in [0.1, 0.15) is 17.6 Å². The van der Waals surface area contributed by atoms with Crippen molar-refractivity contribution in [1.29, 1.82) is 5.26 Å². The van der Waals surface area contributed by atoms with Gasteiger partial charge in [0.05, 0.1) is 12.2 Å². The monoisotopic (exact) mass is 289 g/mol. The molecule has 0 saturated carbocycles. The van der Waals surface area contributed by atoms with Gasteiger partial charge in [-0.15, -0.1) is 0 Å². The van der Waals surface area contributed by atoms with Crippen LogP contribution in [0.2, 0.25) is 5.02 Å². The Labute approximate surface area is 120 Å². The first-order valence-electron chi connectivity index (χ1n) is 6.00. The Kier molecular flexibility index (Phi) is 3.21. The molecule has 1 heterocycles. The molecule has 1 aliphatic rings. The summed E-state index contributed by atoms with van der Waals surface area (Å²) in [6, 6.07) is 9.82. The summed E-state index contributed by atoms with van der Waals surface area (Å²) in [5.41, 5.74) is 0.584. The Morgan fingerprint density at radius 2 is 2.20 bits per heavy atom. The second-order valence-corrected chi connectivity index (χ2v) is 4.75. The minimum Gasteiger partial charge on any atom is -0.489 e. The smallest absolute Gasteiger partial charge is 0.172 e. The van der Waals surface area contributed by atoms with Crippen molar-refractivity contribution in [2.45, 2.75) is 6.42 Å². The molecule has 3 nitrogen and oxygen atoms in total. The number of hydrogen-bond donors (Lipinski definition) is 0. The van der Waals surface area contributed by atoms with Crippen molar-refractivity contribution in [3.63, 3.8) is 0 Å². The van der Waals surface area contributed by atoms with E-state index < -0.39 is 5.82 Å². The van der Waals surface area contributed by atoms with Crippen LogP contribution in [-0.2, 0) is 6.42 Å². The van der Waals surface area contributed by atoms with Crippen LogP contribution in [0, 0.1) is 17.1 Å². The highest BCUT2D eigenvalue weighted by atomic mass is 35.5. The number of nitrogens with zero attached hydrogens (tertiary/aromatic N) is 1. The highest BCUT2D eigenvalue weighted by Gasteiger charge is 2.25. The third-order valence-electron chi connectivity index (χ3n) is 3.03. The summed E-state index contributed by atoms with van der Waals surface area (Å²) in [5.74, 6) is 0.576. The van der Waals surface area contributed by atoms with Crippen LogP contribution < -0.4 is 9.47 Å². The molecule has 2 aromatic carbocycles. The molecule has 0 saturated heterocycles. The number of benzene rings is 2. The van der Waals surface area contributed by atoms with E-state index in [1.165, 1.54) is 6.07 Å². The Morgan fingerprint density at radius 3 is 2.95 bits per heavy atom. The second-order valence-electron chi connectivity index (χ2n) is 4.31. The molecule has 0 radical (unpaired) electrons. The van der Waals surface area contributed by atoms with Crippen LogP contribution in [-0.4, -0.2) is 6.61 Å². The van der Waals surface area contributed by atoms with Crippen molar-refractivity contribution in [2.24, 2.45) is 0 Å². The summed E-state index contributed by atoms with van der Waals surface area (Å²) in [4.78, 5) is 0. The van der Waals surface area contributed by atoms with Crippen molar-refractivity contribution in [1.82, 2.24) is 0 Å². The molecular weight excluding hydrogens is 281 g/mol. The van der Waals surface area contributed by atoms with Gasteiger partial charge in [-0.25, -0.2) is 4.39 Å². The maximum atomic E-state index is 13.9. The van der Waals surface area contributed by atoms with E-state index in [2.05, 4.69) is 0 Å². The van der Waals surface area contributed by atoms with E-state index in [4.69, 9.17) is 26.3 Å². The van der Waals surface area contributed by atoms with Gasteiger partial charge in [0.2, 0.25) is 0 Å². The van der Waals surface area contributed by atoms with Gasteiger partial charge in [-0.05, 0) is 18.2 Å². The van der Waals surface area contributed by atoms with Gasteiger partial charge in [-0.3, -0.25) is 0 Å². The van der Waals surface area contributed by atoms with Crippen LogP contribution >= 0.6 is 11.6 Å². The lowest BCUT2D eigenvalue weighted by Gasteiger charge is -2.11. The predicted octanol–water partition coefficient (Wildman–Crippen LogP) is 4.08. The van der Waals surface area contributed by atoms with E-state index in [1.807, 2.05) is 6.07 Å². The summed E-state index contributed by atoms with van der Waals surface area (Å²) in [6.45, 7) is 0.416. The number of hydrogen-bond acceptors (Lipinski definition) is 3. The van der Waals surface area contributed by atoms with E-state index >= 15 is 0 Å². The lowest BCUT2D eigenvalue weighted by Crippen LogP contribution is -1.94. The quantitative estimate of drug-likeness (QED) is 0.836. The molecule has 3 rings (SSSR count). The van der Waals surface area contributed by atoms with Crippen LogP contribution in [0.3, 0.4) is 0 Å². The van der Waals surface area contributed by atoms with Crippen LogP contribution in [0.1, 0.15) is 11.1 Å². The van der Waals surface area contributed by atoms with Gasteiger partial charge in [0.25, 0.3) is 0 Å². The number of rotatable bonds is 2. The predicted molar refractivity (Wildman–Crippen MR) is 71.8 cm³/mol. The maximum Gasteiger partial charge on any atom is 0.172 e. The fourth-order valence-corrected chi connectivity index (χ4v) is 2.35. The zero-order valence-electron chi connectivity index (χ0n) is 10.3. The molecule has 0 N–H and O–H groups in total. The van der Waals surface area contributed by atoms with Crippen LogP contribution in [0.4, 0.5) is 4.39 Å². The number of fused-ring (bicyclic) bond motifs is 1. The minimum atomic E-state index is -0.603. The summed E-state index contributed by atoms with van der Waals surface area (Å²) >= 11 is 5.88. The van der Waals surface area contributed by atoms with E-state index in [0.717, 1.165) is 0 Å². The third-order valence-corrected chi connectivity index (χ3v) is 3.27. The van der Waals surface area contributed by atoms with Gasteiger partial charge in [0.15, 0.2) is 11.5 Å². The molecule has 0 amide bonds. The zero-order chi connectivity index (χ0) is 14.1. The number of ether oxygens (including phenoxy) is 2. The molecule has 2 aromatic rings. The van der Waals surface area contributed by atoms with E-state index in [-0.39, 0.29) is 11.3 Å². The van der Waals surface area contributed by atoms with Gasteiger partial charge in [-0.2, -0.15) is 5.26 Å².